The number of nitrogens with zero attached hydrogens (tertiary/aromatic N) is 2. The second-order valence-corrected chi connectivity index (χ2v) is 9.41. The van der Waals surface area contributed by atoms with Gasteiger partial charge in [-0.15, -0.1) is 0 Å². The largest absolute Gasteiger partial charge is 0.444 e. The number of halogens is 1. The van der Waals surface area contributed by atoms with Crippen molar-refractivity contribution in [2.45, 2.75) is 39.3 Å². The monoisotopic (exact) mass is 401 g/mol. The van der Waals surface area contributed by atoms with Crippen molar-refractivity contribution in [3.05, 3.63) is 34.6 Å². The molecular formula is C17H24ClN3O4S. The van der Waals surface area contributed by atoms with E-state index in [0.717, 1.165) is 11.8 Å². The van der Waals surface area contributed by atoms with Crippen molar-refractivity contribution in [2.75, 3.05) is 19.3 Å². The summed E-state index contributed by atoms with van der Waals surface area (Å²) >= 11 is 6.31. The second kappa shape index (κ2) is 7.94. The summed E-state index contributed by atoms with van der Waals surface area (Å²) < 4.78 is 30.1. The highest BCUT2D eigenvalue weighted by molar-refractivity contribution is 7.88. The maximum atomic E-state index is 12.1. The number of carbonyl (C=O) groups is 1. The van der Waals surface area contributed by atoms with Gasteiger partial charge in [-0.05, 0) is 44.4 Å². The van der Waals surface area contributed by atoms with Gasteiger partial charge < -0.3 is 9.64 Å². The Hall–Kier alpha value is -1.64. The van der Waals surface area contributed by atoms with E-state index < -0.39 is 15.6 Å². The number of carbonyl (C=O) groups excluding carboxylic acids is 1. The average Bonchev–Trinajstić information content (AvgIpc) is 2.51. The van der Waals surface area contributed by atoms with Crippen LogP contribution in [0.2, 0.25) is 5.02 Å². The van der Waals surface area contributed by atoms with Gasteiger partial charge in [0.25, 0.3) is 0 Å². The molecule has 0 bridgehead atoms. The molecule has 0 aliphatic carbocycles. The molecule has 1 aromatic rings. The molecule has 26 heavy (non-hydrogen) atoms. The van der Waals surface area contributed by atoms with Crippen LogP contribution in [0.4, 0.5) is 4.79 Å². The van der Waals surface area contributed by atoms with Gasteiger partial charge >= 0.3 is 6.09 Å². The Bertz CT molecular complexity index is 816. The Balaban J connectivity index is 2.05. The van der Waals surface area contributed by atoms with E-state index in [9.17, 15) is 13.2 Å². The number of pyridine rings is 1. The molecule has 2 rings (SSSR count). The third kappa shape index (κ3) is 6.26. The first kappa shape index (κ1) is 20.7. The first-order valence-electron chi connectivity index (χ1n) is 8.21. The van der Waals surface area contributed by atoms with Crippen LogP contribution < -0.4 is 4.72 Å². The Labute approximate surface area is 159 Å². The molecule has 144 valence electrons. The molecule has 1 aliphatic heterocycles. The lowest BCUT2D eigenvalue weighted by Crippen LogP contribution is -2.39. The highest BCUT2D eigenvalue weighted by atomic mass is 35.5. The predicted octanol–water partition coefficient (Wildman–Crippen LogP) is 2.81. The maximum absolute atomic E-state index is 12.1. The van der Waals surface area contributed by atoms with Gasteiger partial charge in [0.2, 0.25) is 10.0 Å². The highest BCUT2D eigenvalue weighted by Crippen LogP contribution is 2.28. The van der Waals surface area contributed by atoms with E-state index in [2.05, 4.69) is 9.71 Å². The van der Waals surface area contributed by atoms with Crippen LogP contribution in [0.3, 0.4) is 0 Å². The van der Waals surface area contributed by atoms with Gasteiger partial charge in [0.15, 0.2) is 0 Å². The van der Waals surface area contributed by atoms with Crippen LogP contribution in [0.15, 0.2) is 18.3 Å². The zero-order valence-corrected chi connectivity index (χ0v) is 16.9. The lowest BCUT2D eigenvalue weighted by Gasteiger charge is -2.29. The van der Waals surface area contributed by atoms with Crippen LogP contribution in [0.1, 0.15) is 38.4 Å². The number of sulfonamides is 1. The predicted molar refractivity (Wildman–Crippen MR) is 101 cm³/mol. The number of ether oxygens (including phenoxy) is 1. The zero-order chi connectivity index (χ0) is 19.5. The Kier molecular flexibility index (Phi) is 6.31. The normalized spacial score (nSPS) is 15.6. The van der Waals surface area contributed by atoms with E-state index in [-0.39, 0.29) is 12.6 Å². The Morgan fingerprint density at radius 1 is 1.42 bits per heavy atom. The third-order valence-corrected chi connectivity index (χ3v) is 4.56. The minimum atomic E-state index is -3.27. The van der Waals surface area contributed by atoms with Crippen molar-refractivity contribution in [1.29, 1.82) is 0 Å². The van der Waals surface area contributed by atoms with E-state index in [1.54, 1.807) is 17.2 Å². The van der Waals surface area contributed by atoms with E-state index in [1.165, 1.54) is 0 Å². The quantitative estimate of drug-likeness (QED) is 0.837. The number of hydrogen-bond donors (Lipinski definition) is 1. The minimum Gasteiger partial charge on any atom is -0.444 e. The maximum Gasteiger partial charge on any atom is 0.410 e. The van der Waals surface area contributed by atoms with Crippen molar-refractivity contribution < 1.29 is 17.9 Å². The molecule has 0 unspecified atom stereocenters. The SMILES string of the molecule is CC(C)(C)OC(=O)N1CC=C(c2ncc(CNS(C)(=O)=O)cc2Cl)CC1. The molecule has 0 aromatic carbocycles. The summed E-state index contributed by atoms with van der Waals surface area (Å²) in [5.41, 5.74) is 1.76. The molecule has 9 heteroatoms. The Morgan fingerprint density at radius 3 is 2.62 bits per heavy atom. The van der Waals surface area contributed by atoms with Crippen molar-refractivity contribution in [2.24, 2.45) is 0 Å². The van der Waals surface area contributed by atoms with Crippen LogP contribution in [-0.2, 0) is 21.3 Å². The fraction of sp³-hybridized carbons (Fsp3) is 0.529. The molecule has 0 saturated heterocycles. The van der Waals surface area contributed by atoms with Gasteiger partial charge in [-0.2, -0.15) is 0 Å². The number of nitrogens with one attached hydrogen (secondary N) is 1. The molecule has 0 atom stereocenters. The van der Waals surface area contributed by atoms with Gasteiger partial charge in [0.1, 0.15) is 5.60 Å². The molecule has 7 nitrogen and oxygen atoms in total. The lowest BCUT2D eigenvalue weighted by atomic mass is 10.0. The van der Waals surface area contributed by atoms with Crippen molar-refractivity contribution >= 4 is 33.3 Å². The Morgan fingerprint density at radius 2 is 2.12 bits per heavy atom. The zero-order valence-electron chi connectivity index (χ0n) is 15.4. The fourth-order valence-electron chi connectivity index (χ4n) is 2.40. The van der Waals surface area contributed by atoms with E-state index in [0.29, 0.717) is 35.8 Å². The molecule has 1 amide bonds. The van der Waals surface area contributed by atoms with E-state index >= 15 is 0 Å². The summed E-state index contributed by atoms with van der Waals surface area (Å²) in [6.07, 6.45) is 4.89. The minimum absolute atomic E-state index is 0.136. The van der Waals surface area contributed by atoms with Crippen molar-refractivity contribution in [3.8, 4) is 0 Å². The lowest BCUT2D eigenvalue weighted by molar-refractivity contribution is 0.0270. The van der Waals surface area contributed by atoms with Crippen LogP contribution in [-0.4, -0.2) is 49.3 Å². The van der Waals surface area contributed by atoms with Gasteiger partial charge in [0, 0.05) is 25.8 Å². The van der Waals surface area contributed by atoms with Crippen LogP contribution in [0, 0.1) is 0 Å². The summed E-state index contributed by atoms with van der Waals surface area (Å²) in [5, 5.41) is 0.453. The summed E-state index contributed by atoms with van der Waals surface area (Å²) in [6, 6.07) is 1.70. The van der Waals surface area contributed by atoms with Gasteiger partial charge in [-0.25, -0.2) is 17.9 Å². The van der Waals surface area contributed by atoms with Crippen molar-refractivity contribution in [1.82, 2.24) is 14.6 Å². The summed E-state index contributed by atoms with van der Waals surface area (Å²) in [7, 11) is -3.27. The van der Waals surface area contributed by atoms with Crippen LogP contribution >= 0.6 is 11.6 Å². The fourth-order valence-corrected chi connectivity index (χ4v) is 3.14. The summed E-state index contributed by atoms with van der Waals surface area (Å²) in [5.74, 6) is 0. The van der Waals surface area contributed by atoms with Crippen LogP contribution in [0.25, 0.3) is 5.57 Å². The molecule has 0 radical (unpaired) electrons. The third-order valence-electron chi connectivity index (χ3n) is 3.60. The second-order valence-electron chi connectivity index (χ2n) is 7.17. The molecule has 1 aliphatic rings. The first-order valence-corrected chi connectivity index (χ1v) is 10.5. The molecule has 0 saturated carbocycles. The van der Waals surface area contributed by atoms with E-state index in [4.69, 9.17) is 16.3 Å². The molecule has 1 N–H and O–H groups in total. The van der Waals surface area contributed by atoms with Gasteiger partial charge in [-0.3, -0.25) is 4.98 Å². The van der Waals surface area contributed by atoms with E-state index in [1.807, 2.05) is 26.8 Å². The number of aromatic nitrogens is 1. The highest BCUT2D eigenvalue weighted by Gasteiger charge is 2.24. The topological polar surface area (TPSA) is 88.6 Å². The molecule has 0 fully saturated rings. The average molecular weight is 402 g/mol. The summed E-state index contributed by atoms with van der Waals surface area (Å²) in [4.78, 5) is 18.1. The van der Waals surface area contributed by atoms with Gasteiger partial charge in [-0.1, -0.05) is 17.7 Å². The molecule has 2 heterocycles. The first-order chi connectivity index (χ1) is 11.9. The number of hydrogen-bond acceptors (Lipinski definition) is 5. The van der Waals surface area contributed by atoms with Gasteiger partial charge in [0.05, 0.1) is 17.0 Å². The number of rotatable bonds is 4. The molecule has 1 aromatic heterocycles. The molecule has 0 spiro atoms. The molecular weight excluding hydrogens is 378 g/mol. The standard InChI is InChI=1S/C17H24ClN3O4S/c1-17(2,3)25-16(22)21-7-5-13(6-8-21)15-14(18)9-12(10-19-15)11-20-26(4,23)24/h5,9-10,20H,6-8,11H2,1-4H3. The smallest absolute Gasteiger partial charge is 0.410 e. The van der Waals surface area contributed by atoms with Crippen molar-refractivity contribution in [3.63, 3.8) is 0 Å². The summed E-state index contributed by atoms with van der Waals surface area (Å²) in [6.45, 7) is 6.59. The number of amides is 1. The van der Waals surface area contributed by atoms with Crippen LogP contribution in [0.5, 0.6) is 0 Å².